The Morgan fingerprint density at radius 3 is 2.50 bits per heavy atom. The second-order valence-electron chi connectivity index (χ2n) is 4.31. The predicted molar refractivity (Wildman–Crippen MR) is 84.2 cm³/mol. The van der Waals surface area contributed by atoms with Gasteiger partial charge >= 0.3 is 5.97 Å². The van der Waals surface area contributed by atoms with Crippen molar-refractivity contribution >= 4 is 46.2 Å². The molecule has 0 spiro atoms. The van der Waals surface area contributed by atoms with Gasteiger partial charge in [0.15, 0.2) is 0 Å². The molecule has 1 unspecified atom stereocenters. The smallest absolute Gasteiger partial charge is 0.323 e. The van der Waals surface area contributed by atoms with Gasteiger partial charge in [0.05, 0.1) is 14.7 Å². The average Bonchev–Trinajstić information content (AvgIpc) is 2.75. The van der Waals surface area contributed by atoms with Gasteiger partial charge in [0.2, 0.25) is 0 Å². The highest BCUT2D eigenvalue weighted by Crippen LogP contribution is 2.38. The standard InChI is InChI=1S/C14H13Cl2NO2S/c1-9(11-7-12(15)20-14(11)16)17(8-13(18)19)10-5-3-2-4-6-10/h2-7,9H,8H2,1H3,(H,18,19). The monoisotopic (exact) mass is 329 g/mol. The van der Waals surface area contributed by atoms with E-state index in [0.717, 1.165) is 11.3 Å². The minimum atomic E-state index is -0.891. The Kier molecular flexibility index (Phi) is 4.91. The molecule has 3 nitrogen and oxygen atoms in total. The minimum absolute atomic E-state index is 0.102. The molecular weight excluding hydrogens is 317 g/mol. The van der Waals surface area contributed by atoms with E-state index >= 15 is 0 Å². The van der Waals surface area contributed by atoms with Gasteiger partial charge in [0.1, 0.15) is 6.54 Å². The van der Waals surface area contributed by atoms with Crippen molar-refractivity contribution in [2.45, 2.75) is 13.0 Å². The largest absolute Gasteiger partial charge is 0.480 e. The van der Waals surface area contributed by atoms with Crippen LogP contribution in [0.2, 0.25) is 8.67 Å². The molecule has 0 aliphatic heterocycles. The fourth-order valence-corrected chi connectivity index (χ4v) is 3.66. The third-order valence-electron chi connectivity index (χ3n) is 2.99. The van der Waals surface area contributed by atoms with E-state index in [9.17, 15) is 4.79 Å². The average molecular weight is 330 g/mol. The molecular formula is C14H13Cl2NO2S. The number of carboxylic acids is 1. The number of anilines is 1. The van der Waals surface area contributed by atoms with Crippen LogP contribution in [-0.4, -0.2) is 17.6 Å². The highest BCUT2D eigenvalue weighted by molar-refractivity contribution is 7.20. The van der Waals surface area contributed by atoms with Gasteiger partial charge < -0.3 is 10.0 Å². The summed E-state index contributed by atoms with van der Waals surface area (Å²) in [5.74, 6) is -0.891. The summed E-state index contributed by atoms with van der Waals surface area (Å²) in [4.78, 5) is 12.9. The molecule has 2 rings (SSSR count). The van der Waals surface area contributed by atoms with Gasteiger partial charge in [-0.3, -0.25) is 4.79 Å². The number of hydrogen-bond acceptors (Lipinski definition) is 3. The third kappa shape index (κ3) is 3.45. The molecule has 1 N–H and O–H groups in total. The second-order valence-corrected chi connectivity index (χ2v) is 6.60. The molecule has 6 heteroatoms. The minimum Gasteiger partial charge on any atom is -0.480 e. The first-order valence-electron chi connectivity index (χ1n) is 5.97. The SMILES string of the molecule is CC(c1cc(Cl)sc1Cl)N(CC(=O)O)c1ccccc1. The van der Waals surface area contributed by atoms with Gasteiger partial charge in [-0.1, -0.05) is 41.4 Å². The highest BCUT2D eigenvalue weighted by atomic mass is 35.5. The second kappa shape index (κ2) is 6.48. The lowest BCUT2D eigenvalue weighted by molar-refractivity contribution is -0.135. The number of thiophene rings is 1. The molecule has 0 aliphatic rings. The molecule has 106 valence electrons. The first-order chi connectivity index (χ1) is 9.49. The van der Waals surface area contributed by atoms with Gasteiger partial charge in [0, 0.05) is 11.3 Å². The molecule has 2 aromatic rings. The van der Waals surface area contributed by atoms with Crippen molar-refractivity contribution in [3.8, 4) is 0 Å². The number of hydrogen-bond donors (Lipinski definition) is 1. The Balaban J connectivity index is 2.36. The number of nitrogens with zero attached hydrogens (tertiary/aromatic N) is 1. The predicted octanol–water partition coefficient (Wildman–Crippen LogP) is 4.71. The van der Waals surface area contributed by atoms with Crippen molar-refractivity contribution in [1.29, 1.82) is 0 Å². The van der Waals surface area contributed by atoms with E-state index in [2.05, 4.69) is 0 Å². The maximum Gasteiger partial charge on any atom is 0.323 e. The van der Waals surface area contributed by atoms with Gasteiger partial charge in [-0.15, -0.1) is 11.3 Å². The number of aliphatic carboxylic acids is 1. The van der Waals surface area contributed by atoms with Crippen LogP contribution in [0.3, 0.4) is 0 Å². The topological polar surface area (TPSA) is 40.5 Å². The molecule has 20 heavy (non-hydrogen) atoms. The zero-order valence-corrected chi connectivity index (χ0v) is 13.0. The van der Waals surface area contributed by atoms with Crippen LogP contribution in [0.5, 0.6) is 0 Å². The van der Waals surface area contributed by atoms with E-state index in [1.165, 1.54) is 11.3 Å². The zero-order chi connectivity index (χ0) is 14.7. The van der Waals surface area contributed by atoms with E-state index < -0.39 is 5.97 Å². The van der Waals surface area contributed by atoms with Crippen LogP contribution in [0.25, 0.3) is 0 Å². The van der Waals surface area contributed by atoms with Crippen molar-refractivity contribution in [2.75, 3.05) is 11.4 Å². The number of rotatable bonds is 5. The summed E-state index contributed by atoms with van der Waals surface area (Å²) >= 11 is 13.4. The number of benzene rings is 1. The van der Waals surface area contributed by atoms with Crippen LogP contribution in [0.4, 0.5) is 5.69 Å². The first kappa shape index (κ1) is 15.2. The van der Waals surface area contributed by atoms with Gasteiger partial charge in [-0.05, 0) is 25.1 Å². The number of carboxylic acid groups (broad SMARTS) is 1. The Hall–Kier alpha value is -1.23. The Morgan fingerprint density at radius 2 is 2.00 bits per heavy atom. The van der Waals surface area contributed by atoms with Crippen LogP contribution in [0.15, 0.2) is 36.4 Å². The quantitative estimate of drug-likeness (QED) is 0.863. The van der Waals surface area contributed by atoms with Crippen molar-refractivity contribution < 1.29 is 9.90 Å². The van der Waals surface area contributed by atoms with Crippen LogP contribution in [-0.2, 0) is 4.79 Å². The van der Waals surface area contributed by atoms with Crippen LogP contribution < -0.4 is 4.90 Å². The number of para-hydroxylation sites is 1. The molecule has 1 aromatic heterocycles. The van der Waals surface area contributed by atoms with Crippen molar-refractivity contribution in [3.63, 3.8) is 0 Å². The molecule has 0 bridgehead atoms. The van der Waals surface area contributed by atoms with Gasteiger partial charge in [-0.2, -0.15) is 0 Å². The Morgan fingerprint density at radius 1 is 1.35 bits per heavy atom. The third-order valence-corrected chi connectivity index (χ3v) is 4.51. The maximum atomic E-state index is 11.1. The lowest BCUT2D eigenvalue weighted by Crippen LogP contribution is -2.32. The first-order valence-corrected chi connectivity index (χ1v) is 7.54. The summed E-state index contributed by atoms with van der Waals surface area (Å²) in [7, 11) is 0. The number of halogens is 2. The summed E-state index contributed by atoms with van der Waals surface area (Å²) in [6.45, 7) is 1.81. The van der Waals surface area contributed by atoms with E-state index in [1.54, 1.807) is 11.0 Å². The van der Waals surface area contributed by atoms with Crippen molar-refractivity contribution in [3.05, 3.63) is 50.6 Å². The molecule has 1 heterocycles. The van der Waals surface area contributed by atoms with E-state index in [4.69, 9.17) is 28.3 Å². The van der Waals surface area contributed by atoms with Crippen molar-refractivity contribution in [1.82, 2.24) is 0 Å². The van der Waals surface area contributed by atoms with E-state index in [0.29, 0.717) is 8.67 Å². The molecule has 1 atom stereocenters. The molecule has 0 aliphatic carbocycles. The molecule has 1 aromatic carbocycles. The summed E-state index contributed by atoms with van der Waals surface area (Å²) in [5, 5.41) is 9.12. The summed E-state index contributed by atoms with van der Waals surface area (Å²) in [6, 6.07) is 11.0. The maximum absolute atomic E-state index is 11.1. The van der Waals surface area contributed by atoms with Crippen LogP contribution in [0.1, 0.15) is 18.5 Å². The van der Waals surface area contributed by atoms with Gasteiger partial charge in [-0.25, -0.2) is 0 Å². The summed E-state index contributed by atoms with van der Waals surface area (Å²) in [5.41, 5.74) is 1.67. The van der Waals surface area contributed by atoms with E-state index in [-0.39, 0.29) is 12.6 Å². The summed E-state index contributed by atoms with van der Waals surface area (Å²) in [6.07, 6.45) is 0. The molecule has 0 fully saturated rings. The molecule has 0 amide bonds. The van der Waals surface area contributed by atoms with Crippen LogP contribution in [0, 0.1) is 0 Å². The Bertz CT molecular complexity index is 600. The lowest BCUT2D eigenvalue weighted by atomic mass is 10.1. The van der Waals surface area contributed by atoms with Gasteiger partial charge in [0.25, 0.3) is 0 Å². The van der Waals surface area contributed by atoms with E-state index in [1.807, 2.05) is 37.3 Å². The fourth-order valence-electron chi connectivity index (χ4n) is 2.02. The summed E-state index contributed by atoms with van der Waals surface area (Å²) < 4.78 is 1.19. The normalized spacial score (nSPS) is 12.2. The zero-order valence-electron chi connectivity index (χ0n) is 10.7. The fraction of sp³-hybridized carbons (Fsp3) is 0.214. The van der Waals surface area contributed by atoms with Crippen LogP contribution >= 0.6 is 34.5 Å². The highest BCUT2D eigenvalue weighted by Gasteiger charge is 2.22. The number of carbonyl (C=O) groups is 1. The molecule has 0 saturated heterocycles. The Labute approximate surface area is 131 Å². The molecule has 0 saturated carbocycles. The van der Waals surface area contributed by atoms with Crippen molar-refractivity contribution in [2.24, 2.45) is 0 Å². The molecule has 0 radical (unpaired) electrons. The lowest BCUT2D eigenvalue weighted by Gasteiger charge is -2.29.